The highest BCUT2D eigenvalue weighted by Gasteiger charge is 2.28. The molecule has 0 heterocycles. The number of carbonyl (C=O) groups excluding carboxylic acids is 1. The van der Waals surface area contributed by atoms with E-state index in [-0.39, 0.29) is 5.69 Å². The van der Waals surface area contributed by atoms with E-state index in [1.54, 1.807) is 0 Å². The Morgan fingerprint density at radius 1 is 1.50 bits per heavy atom. The first-order chi connectivity index (χ1) is 7.36. The Hall–Kier alpha value is -2.05. The van der Waals surface area contributed by atoms with Crippen LogP contribution < -0.4 is 5.73 Å². The van der Waals surface area contributed by atoms with Gasteiger partial charge in [0.2, 0.25) is 0 Å². The van der Waals surface area contributed by atoms with Crippen LogP contribution in [0.5, 0.6) is 0 Å². The van der Waals surface area contributed by atoms with Gasteiger partial charge in [0.1, 0.15) is 11.3 Å². The Morgan fingerprint density at radius 2 is 2.06 bits per heavy atom. The van der Waals surface area contributed by atoms with Crippen LogP contribution in [0, 0.1) is 10.1 Å². The number of halogens is 2. The Balaban J connectivity index is 3.63. The molecule has 0 radical (unpaired) electrons. The second-order valence-electron chi connectivity index (χ2n) is 3.08. The third-order valence-electron chi connectivity index (χ3n) is 2.01. The predicted octanol–water partition coefficient (Wildman–Crippen LogP) is 2.32. The van der Waals surface area contributed by atoms with Crippen molar-refractivity contribution in [1.82, 2.24) is 0 Å². The van der Waals surface area contributed by atoms with Crippen LogP contribution in [0.1, 0.15) is 29.3 Å². The molecule has 0 saturated heterocycles. The van der Waals surface area contributed by atoms with Crippen molar-refractivity contribution in [2.75, 3.05) is 5.73 Å². The van der Waals surface area contributed by atoms with Crippen LogP contribution >= 0.6 is 0 Å². The fourth-order valence-corrected chi connectivity index (χ4v) is 1.37. The summed E-state index contributed by atoms with van der Waals surface area (Å²) in [6, 6.07) is 1.91. The number of rotatable bonds is 3. The van der Waals surface area contributed by atoms with E-state index in [0.717, 1.165) is 19.1 Å². The van der Waals surface area contributed by atoms with Crippen molar-refractivity contribution in [3.05, 3.63) is 33.4 Å². The summed E-state index contributed by atoms with van der Waals surface area (Å²) in [4.78, 5) is 20.9. The number of ketones is 1. The maximum absolute atomic E-state index is 12.5. The number of carbonyl (C=O) groups is 1. The van der Waals surface area contributed by atoms with Crippen molar-refractivity contribution >= 4 is 17.2 Å². The number of hydrogen-bond acceptors (Lipinski definition) is 4. The molecule has 1 aromatic carbocycles. The summed E-state index contributed by atoms with van der Waals surface area (Å²) in [5.74, 6) is -0.811. The minimum Gasteiger partial charge on any atom is -0.393 e. The summed E-state index contributed by atoms with van der Waals surface area (Å²) >= 11 is 0. The van der Waals surface area contributed by atoms with Crippen molar-refractivity contribution in [3.63, 3.8) is 0 Å². The molecule has 0 aliphatic heterocycles. The lowest BCUT2D eigenvalue weighted by Gasteiger charge is -2.08. The summed E-state index contributed by atoms with van der Waals surface area (Å²) in [7, 11) is 0. The Bertz CT molecular complexity index is 460. The fourth-order valence-electron chi connectivity index (χ4n) is 1.37. The lowest BCUT2D eigenvalue weighted by Crippen LogP contribution is -2.08. The quantitative estimate of drug-likeness (QED) is 0.373. The molecule has 0 aliphatic rings. The van der Waals surface area contributed by atoms with E-state index >= 15 is 0 Å². The zero-order chi connectivity index (χ0) is 12.5. The van der Waals surface area contributed by atoms with E-state index in [1.165, 1.54) is 0 Å². The van der Waals surface area contributed by atoms with Gasteiger partial charge in [-0.25, -0.2) is 8.78 Å². The molecule has 16 heavy (non-hydrogen) atoms. The average Bonchev–Trinajstić information content (AvgIpc) is 2.15. The van der Waals surface area contributed by atoms with Crippen LogP contribution in [0.15, 0.2) is 12.1 Å². The van der Waals surface area contributed by atoms with Gasteiger partial charge in [0.25, 0.3) is 6.43 Å². The van der Waals surface area contributed by atoms with Gasteiger partial charge in [-0.3, -0.25) is 14.9 Å². The van der Waals surface area contributed by atoms with Gasteiger partial charge in [-0.05, 0) is 13.0 Å². The number of nitrogens with zero attached hydrogens (tertiary/aromatic N) is 1. The molecule has 0 aromatic heterocycles. The molecule has 0 amide bonds. The first kappa shape index (κ1) is 12.0. The highest BCUT2D eigenvalue weighted by atomic mass is 19.3. The molecule has 1 rings (SSSR count). The predicted molar refractivity (Wildman–Crippen MR) is 52.5 cm³/mol. The van der Waals surface area contributed by atoms with Gasteiger partial charge in [0.15, 0.2) is 5.78 Å². The molecule has 0 saturated carbocycles. The largest absolute Gasteiger partial charge is 0.393 e. The number of nitro benzene ring substituents is 1. The smallest absolute Gasteiger partial charge is 0.303 e. The maximum atomic E-state index is 12.5. The van der Waals surface area contributed by atoms with Gasteiger partial charge >= 0.3 is 5.69 Å². The number of nitrogen functional groups attached to an aromatic ring is 1. The van der Waals surface area contributed by atoms with Crippen LogP contribution in [0.25, 0.3) is 0 Å². The highest BCUT2D eigenvalue weighted by Crippen LogP contribution is 2.34. The zero-order valence-corrected chi connectivity index (χ0v) is 8.24. The van der Waals surface area contributed by atoms with Crippen LogP contribution in [0.2, 0.25) is 0 Å². The summed E-state index contributed by atoms with van der Waals surface area (Å²) in [5.41, 5.74) is 2.93. The molecule has 0 bridgehead atoms. The minimum atomic E-state index is -2.96. The number of nitrogens with two attached hydrogens (primary N) is 1. The van der Waals surface area contributed by atoms with E-state index in [4.69, 9.17) is 5.73 Å². The summed E-state index contributed by atoms with van der Waals surface area (Å²) in [5, 5.41) is 10.7. The second-order valence-corrected chi connectivity index (χ2v) is 3.08. The summed E-state index contributed by atoms with van der Waals surface area (Å²) < 4.78 is 25.1. The zero-order valence-electron chi connectivity index (χ0n) is 8.24. The van der Waals surface area contributed by atoms with Crippen molar-refractivity contribution in [2.24, 2.45) is 0 Å². The minimum absolute atomic E-state index is 0.306. The normalized spacial score (nSPS) is 10.5. The van der Waals surface area contributed by atoms with E-state index in [2.05, 4.69) is 0 Å². The van der Waals surface area contributed by atoms with Crippen molar-refractivity contribution < 1.29 is 18.5 Å². The van der Waals surface area contributed by atoms with E-state index in [1.807, 2.05) is 0 Å². The van der Waals surface area contributed by atoms with E-state index < -0.39 is 33.9 Å². The number of anilines is 1. The monoisotopic (exact) mass is 230 g/mol. The highest BCUT2D eigenvalue weighted by molar-refractivity contribution is 6.01. The Labute approximate surface area is 89.0 Å². The van der Waals surface area contributed by atoms with Crippen molar-refractivity contribution in [1.29, 1.82) is 0 Å². The lowest BCUT2D eigenvalue weighted by atomic mass is 10.0. The third kappa shape index (κ3) is 1.97. The molecule has 0 aliphatic carbocycles. The fraction of sp³-hybridized carbons (Fsp3) is 0.222. The SMILES string of the molecule is CC(=O)c1c(C(F)F)ccc(N)c1[N+](=O)[O-]. The molecular formula is C9H8F2N2O3. The van der Waals surface area contributed by atoms with Crippen molar-refractivity contribution in [2.45, 2.75) is 13.3 Å². The van der Waals surface area contributed by atoms with Crippen LogP contribution in [0.3, 0.4) is 0 Å². The number of Topliss-reactive ketones (excluding diaryl/α,β-unsaturated/α-hetero) is 1. The molecule has 7 heteroatoms. The van der Waals surface area contributed by atoms with Gasteiger partial charge in [-0.2, -0.15) is 0 Å². The van der Waals surface area contributed by atoms with Crippen molar-refractivity contribution in [3.8, 4) is 0 Å². The van der Waals surface area contributed by atoms with Crippen LogP contribution in [-0.4, -0.2) is 10.7 Å². The Morgan fingerprint density at radius 3 is 2.44 bits per heavy atom. The average molecular weight is 230 g/mol. The van der Waals surface area contributed by atoms with Gasteiger partial charge in [0.05, 0.1) is 4.92 Å². The number of benzene rings is 1. The Kier molecular flexibility index (Phi) is 3.17. The number of hydrogen-bond donors (Lipinski definition) is 1. The van der Waals surface area contributed by atoms with Gasteiger partial charge in [-0.15, -0.1) is 0 Å². The first-order valence-corrected chi connectivity index (χ1v) is 4.22. The van der Waals surface area contributed by atoms with Gasteiger partial charge in [-0.1, -0.05) is 6.07 Å². The van der Waals surface area contributed by atoms with Crippen LogP contribution in [-0.2, 0) is 0 Å². The molecule has 5 nitrogen and oxygen atoms in total. The van der Waals surface area contributed by atoms with Gasteiger partial charge in [0, 0.05) is 5.56 Å². The van der Waals surface area contributed by atoms with E-state index in [9.17, 15) is 23.7 Å². The van der Waals surface area contributed by atoms with Gasteiger partial charge < -0.3 is 5.73 Å². The molecule has 0 unspecified atom stereocenters. The molecule has 0 spiro atoms. The maximum Gasteiger partial charge on any atom is 0.303 e. The summed E-state index contributed by atoms with van der Waals surface area (Å²) in [6.07, 6.45) is -2.96. The molecule has 1 aromatic rings. The first-order valence-electron chi connectivity index (χ1n) is 4.22. The second kappa shape index (κ2) is 4.21. The molecule has 2 N–H and O–H groups in total. The lowest BCUT2D eigenvalue weighted by molar-refractivity contribution is -0.384. The standard InChI is InChI=1S/C9H8F2N2O3/c1-4(14)7-5(9(10)11)2-3-6(12)8(7)13(15)16/h2-3,9H,12H2,1H3. The number of alkyl halides is 2. The summed E-state index contributed by atoms with van der Waals surface area (Å²) in [6.45, 7) is 0.980. The van der Waals surface area contributed by atoms with Crippen LogP contribution in [0.4, 0.5) is 20.2 Å². The number of nitro groups is 1. The molecule has 0 fully saturated rings. The molecular weight excluding hydrogens is 222 g/mol. The van der Waals surface area contributed by atoms with E-state index in [0.29, 0.717) is 0 Å². The third-order valence-corrected chi connectivity index (χ3v) is 2.01. The molecule has 0 atom stereocenters. The topological polar surface area (TPSA) is 86.2 Å². The molecule has 86 valence electrons.